The molecule has 0 bridgehead atoms. The first-order valence-electron chi connectivity index (χ1n) is 9.27. The number of fused-ring (bicyclic) bond motifs is 1. The van der Waals surface area contributed by atoms with E-state index >= 15 is 0 Å². The number of aromatic amines is 1. The number of rotatable bonds is 4. The maximum atomic E-state index is 13.1. The monoisotopic (exact) mass is 403 g/mol. The number of aromatic nitrogens is 1. The van der Waals surface area contributed by atoms with Gasteiger partial charge in [-0.15, -0.1) is 0 Å². The molecule has 1 heterocycles. The number of H-pyrrole nitrogens is 1. The third kappa shape index (κ3) is 3.67. The quantitative estimate of drug-likeness (QED) is 0.445. The molecule has 0 spiro atoms. The minimum atomic E-state index is -0.420. The van der Waals surface area contributed by atoms with Crippen molar-refractivity contribution in [3.05, 3.63) is 93.7 Å². The molecule has 29 heavy (non-hydrogen) atoms. The lowest BCUT2D eigenvalue weighted by atomic mass is 9.91. The molecule has 0 aliphatic heterocycles. The van der Waals surface area contributed by atoms with E-state index in [1.54, 1.807) is 37.3 Å². The van der Waals surface area contributed by atoms with E-state index in [-0.39, 0.29) is 12.2 Å². The average Bonchev–Trinajstić information content (AvgIpc) is 2.74. The molecular formula is C24H18ClNO3. The van der Waals surface area contributed by atoms with Gasteiger partial charge in [0.05, 0.1) is 17.7 Å². The fourth-order valence-electron chi connectivity index (χ4n) is 3.46. The summed E-state index contributed by atoms with van der Waals surface area (Å²) in [6.07, 6.45) is 0. The zero-order valence-electron chi connectivity index (χ0n) is 15.7. The van der Waals surface area contributed by atoms with Crippen LogP contribution in [-0.4, -0.2) is 17.6 Å². The highest BCUT2D eigenvalue weighted by molar-refractivity contribution is 6.31. The fraction of sp³-hybridized carbons (Fsp3) is 0.0833. The largest absolute Gasteiger partial charge is 0.462 e. The second kappa shape index (κ2) is 7.94. The molecule has 4 nitrogen and oxygen atoms in total. The Balaban J connectivity index is 2.05. The molecule has 0 amide bonds. The van der Waals surface area contributed by atoms with E-state index in [9.17, 15) is 9.59 Å². The number of hydrogen-bond acceptors (Lipinski definition) is 3. The minimum Gasteiger partial charge on any atom is -0.462 e. The van der Waals surface area contributed by atoms with E-state index in [2.05, 4.69) is 4.98 Å². The van der Waals surface area contributed by atoms with Gasteiger partial charge in [0.1, 0.15) is 0 Å². The molecule has 0 aliphatic carbocycles. The minimum absolute atomic E-state index is 0.236. The summed E-state index contributed by atoms with van der Waals surface area (Å²) < 4.78 is 5.11. The second-order valence-corrected chi connectivity index (χ2v) is 7.00. The van der Waals surface area contributed by atoms with Crippen LogP contribution in [0.5, 0.6) is 0 Å². The smallest absolute Gasteiger partial charge is 0.338 e. The van der Waals surface area contributed by atoms with Gasteiger partial charge in [-0.1, -0.05) is 54.1 Å². The van der Waals surface area contributed by atoms with Gasteiger partial charge in [-0.25, -0.2) is 4.79 Å². The molecule has 144 valence electrons. The van der Waals surface area contributed by atoms with E-state index in [4.69, 9.17) is 16.3 Å². The van der Waals surface area contributed by atoms with Crippen LogP contribution in [0.15, 0.2) is 77.6 Å². The number of carbonyl (C=O) groups is 1. The van der Waals surface area contributed by atoms with Crippen LogP contribution in [0.3, 0.4) is 0 Å². The zero-order chi connectivity index (χ0) is 20.4. The Morgan fingerprint density at radius 3 is 2.45 bits per heavy atom. The van der Waals surface area contributed by atoms with Gasteiger partial charge in [-0.3, -0.25) is 4.79 Å². The molecule has 4 rings (SSSR count). The molecule has 5 heteroatoms. The van der Waals surface area contributed by atoms with Crippen LogP contribution in [-0.2, 0) is 4.74 Å². The normalized spacial score (nSPS) is 10.8. The Morgan fingerprint density at radius 2 is 1.69 bits per heavy atom. The number of esters is 1. The SMILES string of the molecule is CCOC(=O)c1cccc(-c2c(-c3ccccc3)c3cc(Cl)ccc3[nH]c2=O)c1. The molecule has 3 aromatic carbocycles. The molecule has 0 fully saturated rings. The Kier molecular flexibility index (Phi) is 5.19. The van der Waals surface area contributed by atoms with Crippen LogP contribution < -0.4 is 5.56 Å². The van der Waals surface area contributed by atoms with Gasteiger partial charge >= 0.3 is 5.97 Å². The van der Waals surface area contributed by atoms with Crippen LogP contribution in [0, 0.1) is 0 Å². The van der Waals surface area contributed by atoms with E-state index < -0.39 is 5.97 Å². The van der Waals surface area contributed by atoms with Gasteiger partial charge in [0, 0.05) is 21.5 Å². The first kappa shape index (κ1) is 19.0. The Bertz CT molecular complexity index is 1260. The second-order valence-electron chi connectivity index (χ2n) is 6.56. The Labute approximate surface area is 172 Å². The fourth-order valence-corrected chi connectivity index (χ4v) is 3.63. The van der Waals surface area contributed by atoms with Crippen molar-refractivity contribution in [2.24, 2.45) is 0 Å². The third-order valence-corrected chi connectivity index (χ3v) is 4.94. The number of halogens is 1. The number of pyridine rings is 1. The molecule has 0 aliphatic rings. The maximum Gasteiger partial charge on any atom is 0.338 e. The summed E-state index contributed by atoms with van der Waals surface area (Å²) >= 11 is 6.26. The number of carbonyl (C=O) groups excluding carboxylic acids is 1. The average molecular weight is 404 g/mol. The molecule has 0 radical (unpaired) electrons. The summed E-state index contributed by atoms with van der Waals surface area (Å²) in [5.41, 5.74) is 3.64. The van der Waals surface area contributed by atoms with Gasteiger partial charge in [-0.05, 0) is 48.4 Å². The lowest BCUT2D eigenvalue weighted by molar-refractivity contribution is 0.0526. The molecular weight excluding hydrogens is 386 g/mol. The van der Waals surface area contributed by atoms with Crippen molar-refractivity contribution in [1.82, 2.24) is 4.98 Å². The molecule has 0 saturated heterocycles. The molecule has 1 aromatic heterocycles. The highest BCUT2D eigenvalue weighted by Gasteiger charge is 2.18. The van der Waals surface area contributed by atoms with E-state index in [1.165, 1.54) is 0 Å². The first-order valence-corrected chi connectivity index (χ1v) is 9.65. The summed E-state index contributed by atoms with van der Waals surface area (Å²) in [5, 5.41) is 1.41. The van der Waals surface area contributed by atoms with Crippen LogP contribution in [0.1, 0.15) is 17.3 Å². The van der Waals surface area contributed by atoms with Crippen LogP contribution in [0.25, 0.3) is 33.2 Å². The van der Waals surface area contributed by atoms with E-state index in [1.807, 2.05) is 42.5 Å². The van der Waals surface area contributed by atoms with E-state index in [0.29, 0.717) is 27.2 Å². The van der Waals surface area contributed by atoms with Crippen molar-refractivity contribution in [1.29, 1.82) is 0 Å². The molecule has 4 aromatic rings. The predicted octanol–water partition coefficient (Wildman–Crippen LogP) is 5.69. The molecule has 0 saturated carbocycles. The van der Waals surface area contributed by atoms with Crippen molar-refractivity contribution in [2.45, 2.75) is 6.92 Å². The zero-order valence-corrected chi connectivity index (χ0v) is 16.5. The summed E-state index contributed by atoms with van der Waals surface area (Å²) in [6, 6.07) is 22.0. The van der Waals surface area contributed by atoms with Gasteiger partial charge in [0.2, 0.25) is 0 Å². The van der Waals surface area contributed by atoms with Crippen LogP contribution in [0.2, 0.25) is 5.02 Å². The van der Waals surface area contributed by atoms with Crippen molar-refractivity contribution in [3.63, 3.8) is 0 Å². The number of nitrogens with one attached hydrogen (secondary N) is 1. The Morgan fingerprint density at radius 1 is 0.931 bits per heavy atom. The van der Waals surface area contributed by atoms with Gasteiger partial charge in [-0.2, -0.15) is 0 Å². The van der Waals surface area contributed by atoms with Crippen molar-refractivity contribution in [3.8, 4) is 22.3 Å². The number of hydrogen-bond donors (Lipinski definition) is 1. The lowest BCUT2D eigenvalue weighted by Gasteiger charge is -2.14. The van der Waals surface area contributed by atoms with Gasteiger partial charge < -0.3 is 9.72 Å². The Hall–Kier alpha value is -3.37. The van der Waals surface area contributed by atoms with Crippen molar-refractivity contribution in [2.75, 3.05) is 6.61 Å². The highest BCUT2D eigenvalue weighted by atomic mass is 35.5. The maximum absolute atomic E-state index is 13.1. The summed E-state index contributed by atoms with van der Waals surface area (Å²) in [4.78, 5) is 28.3. The third-order valence-electron chi connectivity index (χ3n) is 4.70. The van der Waals surface area contributed by atoms with Crippen molar-refractivity contribution < 1.29 is 9.53 Å². The summed E-state index contributed by atoms with van der Waals surface area (Å²) in [7, 11) is 0. The lowest BCUT2D eigenvalue weighted by Crippen LogP contribution is -2.12. The summed E-state index contributed by atoms with van der Waals surface area (Å²) in [5.74, 6) is -0.420. The summed E-state index contributed by atoms with van der Waals surface area (Å²) in [6.45, 7) is 2.04. The molecule has 1 N–H and O–H groups in total. The number of ether oxygens (including phenoxy) is 1. The van der Waals surface area contributed by atoms with Crippen LogP contribution in [0.4, 0.5) is 0 Å². The van der Waals surface area contributed by atoms with E-state index in [0.717, 1.165) is 16.5 Å². The predicted molar refractivity (Wildman–Crippen MR) is 116 cm³/mol. The van der Waals surface area contributed by atoms with Gasteiger partial charge in [0.15, 0.2) is 0 Å². The number of benzene rings is 3. The molecule has 0 unspecified atom stereocenters. The van der Waals surface area contributed by atoms with Gasteiger partial charge in [0.25, 0.3) is 5.56 Å². The van der Waals surface area contributed by atoms with Crippen LogP contribution >= 0.6 is 11.6 Å². The first-order chi connectivity index (χ1) is 14.1. The standard InChI is InChI=1S/C24H18ClNO3/c1-2-29-24(28)17-10-6-9-16(13-17)22-21(15-7-4-3-5-8-15)19-14-18(25)11-12-20(19)26-23(22)27/h3-14H,2H2,1H3,(H,26,27). The topological polar surface area (TPSA) is 59.2 Å². The highest BCUT2D eigenvalue weighted by Crippen LogP contribution is 2.36. The molecule has 0 atom stereocenters. The van der Waals surface area contributed by atoms with Crippen molar-refractivity contribution >= 4 is 28.5 Å².